The standard InChI is InChI=1S/C22H26F3N5O3.C6H6/c1-13(2)4-7-18-20(32)30(21(26)27-18)11-14-5-6-17(22(23,24)25)16(10-14)19(31)29(3)12-15-8-9-33-28-15;1-2-4-6-5-3-1/h5-6,8-10,13,18H,4,7,11-12H2,1-3H3,(H2,26,27);1-6H. The number of benzene rings is 2. The Bertz CT molecular complexity index is 1230. The molecule has 0 saturated carbocycles. The van der Waals surface area contributed by atoms with Crippen molar-refractivity contribution in [3.63, 3.8) is 0 Å². The zero-order valence-corrected chi connectivity index (χ0v) is 22.1. The number of rotatable bonds is 8. The number of halogens is 3. The minimum absolute atomic E-state index is 0.0182. The molecule has 208 valence electrons. The molecule has 1 aromatic heterocycles. The van der Waals surface area contributed by atoms with Gasteiger partial charge in [0, 0.05) is 13.1 Å². The van der Waals surface area contributed by atoms with E-state index in [4.69, 9.17) is 10.3 Å². The number of aliphatic imine (C=N–C) groups is 1. The SMILES string of the molecule is CC(C)CCC1N=C(N)N(Cc2ccc(C(F)(F)F)c(C(=O)N(C)Cc3ccon3)c2)C1=O.c1ccccc1. The average molecular weight is 544 g/mol. The van der Waals surface area contributed by atoms with Crippen LogP contribution in [0.5, 0.6) is 0 Å². The number of nitrogens with two attached hydrogens (primary N) is 1. The van der Waals surface area contributed by atoms with Gasteiger partial charge in [-0.2, -0.15) is 13.2 Å². The Balaban J connectivity index is 0.000000617. The van der Waals surface area contributed by atoms with E-state index in [1.807, 2.05) is 50.2 Å². The summed E-state index contributed by atoms with van der Waals surface area (Å²) in [6.45, 7) is 3.95. The van der Waals surface area contributed by atoms with Gasteiger partial charge in [-0.15, -0.1) is 0 Å². The van der Waals surface area contributed by atoms with Crippen molar-refractivity contribution >= 4 is 17.8 Å². The Morgan fingerprint density at radius 1 is 1.13 bits per heavy atom. The Hall–Kier alpha value is -4.15. The third-order valence-corrected chi connectivity index (χ3v) is 6.00. The molecule has 0 fully saturated rings. The van der Waals surface area contributed by atoms with Crippen LogP contribution < -0.4 is 5.73 Å². The van der Waals surface area contributed by atoms with Crippen molar-refractivity contribution in [2.45, 2.75) is 52.0 Å². The summed E-state index contributed by atoms with van der Waals surface area (Å²) in [6, 6.07) is 16.1. The van der Waals surface area contributed by atoms with Crippen molar-refractivity contribution in [3.05, 3.63) is 89.3 Å². The molecular formula is C28H32F3N5O3. The molecular weight excluding hydrogens is 511 g/mol. The van der Waals surface area contributed by atoms with Crippen LogP contribution in [0, 0.1) is 5.92 Å². The van der Waals surface area contributed by atoms with Gasteiger partial charge in [-0.05, 0) is 36.5 Å². The molecule has 2 heterocycles. The first-order chi connectivity index (χ1) is 18.5. The molecule has 2 N–H and O–H groups in total. The average Bonchev–Trinajstić information content (AvgIpc) is 3.51. The highest BCUT2D eigenvalue weighted by Crippen LogP contribution is 2.33. The monoisotopic (exact) mass is 543 g/mol. The summed E-state index contributed by atoms with van der Waals surface area (Å²) in [5.74, 6) is -0.730. The molecule has 1 aliphatic rings. The number of hydrogen-bond donors (Lipinski definition) is 1. The number of aromatic nitrogens is 1. The molecule has 4 rings (SSSR count). The highest BCUT2D eigenvalue weighted by atomic mass is 19.4. The lowest BCUT2D eigenvalue weighted by Crippen LogP contribution is -2.38. The predicted octanol–water partition coefficient (Wildman–Crippen LogP) is 5.11. The molecule has 11 heteroatoms. The smallest absolute Gasteiger partial charge is 0.369 e. The summed E-state index contributed by atoms with van der Waals surface area (Å²) in [7, 11) is 1.37. The van der Waals surface area contributed by atoms with Gasteiger partial charge in [-0.3, -0.25) is 14.5 Å². The maximum Gasteiger partial charge on any atom is 0.417 e. The minimum atomic E-state index is -4.73. The molecule has 0 aliphatic carbocycles. The van der Waals surface area contributed by atoms with Gasteiger partial charge in [-0.25, -0.2) is 4.99 Å². The maximum atomic E-state index is 13.6. The van der Waals surface area contributed by atoms with Crippen LogP contribution in [0.4, 0.5) is 13.2 Å². The fourth-order valence-corrected chi connectivity index (χ4v) is 3.94. The molecule has 0 saturated heterocycles. The molecule has 1 atom stereocenters. The number of alkyl halides is 3. The lowest BCUT2D eigenvalue weighted by molar-refractivity contribution is -0.138. The van der Waals surface area contributed by atoms with Crippen LogP contribution in [0.25, 0.3) is 0 Å². The van der Waals surface area contributed by atoms with Crippen molar-refractivity contribution in [2.24, 2.45) is 16.6 Å². The Morgan fingerprint density at radius 2 is 1.77 bits per heavy atom. The normalized spacial score (nSPS) is 15.2. The van der Waals surface area contributed by atoms with E-state index in [1.165, 1.54) is 30.3 Å². The van der Waals surface area contributed by atoms with Crippen LogP contribution >= 0.6 is 0 Å². The lowest BCUT2D eigenvalue weighted by Gasteiger charge is -2.21. The van der Waals surface area contributed by atoms with Crippen LogP contribution in [0.3, 0.4) is 0 Å². The first kappa shape index (κ1) is 29.4. The largest absolute Gasteiger partial charge is 0.417 e. The minimum Gasteiger partial charge on any atom is -0.369 e. The van der Waals surface area contributed by atoms with Gasteiger partial charge in [0.1, 0.15) is 18.0 Å². The van der Waals surface area contributed by atoms with Crippen LogP contribution in [-0.4, -0.2) is 45.8 Å². The number of hydrogen-bond acceptors (Lipinski definition) is 6. The third-order valence-electron chi connectivity index (χ3n) is 6.00. The first-order valence-electron chi connectivity index (χ1n) is 12.5. The second-order valence-corrected chi connectivity index (χ2v) is 9.58. The molecule has 1 aliphatic heterocycles. The van der Waals surface area contributed by atoms with Gasteiger partial charge in [0.05, 0.1) is 24.2 Å². The molecule has 0 spiro atoms. The van der Waals surface area contributed by atoms with Gasteiger partial charge in [0.15, 0.2) is 5.96 Å². The van der Waals surface area contributed by atoms with Gasteiger partial charge in [-0.1, -0.05) is 61.5 Å². The summed E-state index contributed by atoms with van der Waals surface area (Å²) in [5.41, 5.74) is 5.06. The van der Waals surface area contributed by atoms with Gasteiger partial charge < -0.3 is 15.2 Å². The zero-order chi connectivity index (χ0) is 28.6. The number of nitrogens with zero attached hydrogens (tertiary/aromatic N) is 4. The van der Waals surface area contributed by atoms with Crippen LogP contribution in [0.1, 0.15) is 53.9 Å². The van der Waals surface area contributed by atoms with Crippen LogP contribution in [0.2, 0.25) is 0 Å². The molecule has 0 bridgehead atoms. The molecule has 1 unspecified atom stereocenters. The quantitative estimate of drug-likeness (QED) is 0.425. The van der Waals surface area contributed by atoms with Gasteiger partial charge >= 0.3 is 6.18 Å². The van der Waals surface area contributed by atoms with Gasteiger partial charge in [0.2, 0.25) is 0 Å². The molecule has 0 radical (unpaired) electrons. The Kier molecular flexibility index (Phi) is 9.86. The van der Waals surface area contributed by atoms with Crippen molar-refractivity contribution < 1.29 is 27.3 Å². The fraction of sp³-hybridized carbons (Fsp3) is 0.357. The van der Waals surface area contributed by atoms with Crippen LogP contribution in [-0.2, 0) is 24.1 Å². The van der Waals surface area contributed by atoms with E-state index in [9.17, 15) is 22.8 Å². The number of carbonyl (C=O) groups excluding carboxylic acids is 2. The van der Waals surface area contributed by atoms with Crippen molar-refractivity contribution in [1.82, 2.24) is 15.0 Å². The van der Waals surface area contributed by atoms with E-state index in [-0.39, 0.29) is 25.0 Å². The zero-order valence-electron chi connectivity index (χ0n) is 22.1. The second-order valence-electron chi connectivity index (χ2n) is 9.58. The number of guanidine groups is 1. The van der Waals surface area contributed by atoms with Gasteiger partial charge in [0.25, 0.3) is 11.8 Å². The third kappa shape index (κ3) is 8.17. The van der Waals surface area contributed by atoms with E-state index >= 15 is 0 Å². The topological polar surface area (TPSA) is 105 Å². The van der Waals surface area contributed by atoms with E-state index < -0.39 is 29.3 Å². The van der Waals surface area contributed by atoms with E-state index in [0.29, 0.717) is 23.6 Å². The van der Waals surface area contributed by atoms with Crippen molar-refractivity contribution in [1.29, 1.82) is 0 Å². The fourth-order valence-electron chi connectivity index (χ4n) is 3.94. The summed E-state index contributed by atoms with van der Waals surface area (Å²) < 4.78 is 45.5. The highest BCUT2D eigenvalue weighted by Gasteiger charge is 2.37. The number of carbonyl (C=O) groups is 2. The predicted molar refractivity (Wildman–Crippen MR) is 140 cm³/mol. The molecule has 8 nitrogen and oxygen atoms in total. The van der Waals surface area contributed by atoms with Crippen molar-refractivity contribution in [3.8, 4) is 0 Å². The van der Waals surface area contributed by atoms with E-state index in [1.54, 1.807) is 0 Å². The van der Waals surface area contributed by atoms with E-state index in [0.717, 1.165) is 23.5 Å². The Labute approximate surface area is 225 Å². The summed E-state index contributed by atoms with van der Waals surface area (Å²) in [6.07, 6.45) is -2.10. The summed E-state index contributed by atoms with van der Waals surface area (Å²) >= 11 is 0. The summed E-state index contributed by atoms with van der Waals surface area (Å²) in [4.78, 5) is 32.2. The molecule has 2 aromatic carbocycles. The molecule has 2 amide bonds. The van der Waals surface area contributed by atoms with Crippen LogP contribution in [0.15, 0.2) is 76.4 Å². The molecule has 39 heavy (non-hydrogen) atoms. The number of amides is 2. The van der Waals surface area contributed by atoms with E-state index in [2.05, 4.69) is 10.1 Å². The summed E-state index contributed by atoms with van der Waals surface area (Å²) in [5, 5.41) is 3.68. The van der Waals surface area contributed by atoms with Crippen molar-refractivity contribution in [2.75, 3.05) is 7.05 Å². The second kappa shape index (κ2) is 13.1. The first-order valence-corrected chi connectivity index (χ1v) is 12.5. The Morgan fingerprint density at radius 3 is 2.31 bits per heavy atom. The molecule has 3 aromatic rings. The highest BCUT2D eigenvalue weighted by molar-refractivity contribution is 6.04. The maximum absolute atomic E-state index is 13.6. The lowest BCUT2D eigenvalue weighted by atomic mass is 10.0.